The van der Waals surface area contributed by atoms with E-state index < -0.39 is 45.2 Å². The Morgan fingerprint density at radius 3 is 2.27 bits per heavy atom. The largest absolute Gasteiger partial charge is 0.504 e. The van der Waals surface area contributed by atoms with Gasteiger partial charge in [0.05, 0.1) is 37.8 Å². The molecule has 3 heterocycles. The Hall–Kier alpha value is -3.60. The fourth-order valence-corrected chi connectivity index (χ4v) is 8.91. The second kappa shape index (κ2) is 10.2. The number of rotatable bonds is 4. The van der Waals surface area contributed by atoms with E-state index in [-0.39, 0.29) is 36.2 Å². The summed E-state index contributed by atoms with van der Waals surface area (Å²) in [7, 11) is 2.76. The summed E-state index contributed by atoms with van der Waals surface area (Å²) in [6.07, 6.45) is 2.02. The van der Waals surface area contributed by atoms with Crippen molar-refractivity contribution in [2.75, 3.05) is 50.3 Å². The number of fused-ring (bicyclic) bond motifs is 4. The topological polar surface area (TPSA) is 117 Å². The quantitative estimate of drug-likeness (QED) is 0.307. The summed E-state index contributed by atoms with van der Waals surface area (Å²) in [6, 6.07) is 12.0. The van der Waals surface area contributed by atoms with E-state index in [1.165, 1.54) is 25.1 Å². The van der Waals surface area contributed by atoms with E-state index in [0.717, 1.165) is 23.7 Å². The molecule has 10 nitrogen and oxygen atoms in total. The molecule has 12 heteroatoms. The number of carbonyl (C=O) groups is 4. The van der Waals surface area contributed by atoms with Crippen LogP contribution in [0.15, 0.2) is 54.1 Å². The number of anilines is 2. The number of hydrogen-bond donors (Lipinski definition) is 1. The van der Waals surface area contributed by atoms with Crippen molar-refractivity contribution < 1.29 is 33.8 Å². The lowest BCUT2D eigenvalue weighted by Crippen LogP contribution is -2.60. The van der Waals surface area contributed by atoms with Gasteiger partial charge in [0.15, 0.2) is 21.2 Å². The second-order valence-electron chi connectivity index (χ2n) is 12.1. The number of amides is 4. The highest BCUT2D eigenvalue weighted by Gasteiger charge is 2.75. The van der Waals surface area contributed by atoms with Crippen LogP contribution in [0.3, 0.4) is 0 Å². The number of phenols is 1. The van der Waals surface area contributed by atoms with E-state index in [0.29, 0.717) is 30.0 Å². The second-order valence-corrected chi connectivity index (χ2v) is 13.3. The molecule has 2 aromatic rings. The van der Waals surface area contributed by atoms with Gasteiger partial charge in [0, 0.05) is 31.7 Å². The Morgan fingerprint density at radius 2 is 1.61 bits per heavy atom. The minimum Gasteiger partial charge on any atom is -0.504 e. The van der Waals surface area contributed by atoms with E-state index in [1.54, 1.807) is 24.3 Å². The van der Waals surface area contributed by atoms with Gasteiger partial charge < -0.3 is 19.5 Å². The van der Waals surface area contributed by atoms with Crippen molar-refractivity contribution in [2.24, 2.45) is 17.8 Å². The smallest absolute Gasteiger partial charge is 0.253 e. The molecule has 4 amide bonds. The van der Waals surface area contributed by atoms with Gasteiger partial charge in [-0.15, -0.1) is 23.2 Å². The van der Waals surface area contributed by atoms with Gasteiger partial charge in [-0.25, -0.2) is 0 Å². The summed E-state index contributed by atoms with van der Waals surface area (Å²) in [5.74, 6) is -5.03. The van der Waals surface area contributed by atoms with Crippen molar-refractivity contribution in [3.63, 3.8) is 0 Å². The lowest BCUT2D eigenvalue weighted by molar-refractivity contribution is -0.138. The number of ether oxygens (including phenoxy) is 2. The van der Waals surface area contributed by atoms with Crippen molar-refractivity contribution in [1.29, 1.82) is 0 Å². The number of allylic oxidation sites excluding steroid dienone is 2. The number of likely N-dealkylation sites (tertiary alicyclic amines) is 1. The van der Waals surface area contributed by atoms with Crippen molar-refractivity contribution in [3.8, 4) is 11.5 Å². The first-order chi connectivity index (χ1) is 21.0. The molecule has 230 valence electrons. The lowest BCUT2D eigenvalue weighted by atomic mass is 9.56. The van der Waals surface area contributed by atoms with Crippen LogP contribution in [0, 0.1) is 17.8 Å². The van der Waals surface area contributed by atoms with Gasteiger partial charge >= 0.3 is 0 Å². The number of morpholine rings is 1. The number of nitrogens with zero attached hydrogens (tertiary/aromatic N) is 3. The van der Waals surface area contributed by atoms with Gasteiger partial charge in [-0.2, -0.15) is 0 Å². The minimum atomic E-state index is -1.92. The Balaban J connectivity index is 1.29. The van der Waals surface area contributed by atoms with Crippen LogP contribution in [0.2, 0.25) is 0 Å². The third kappa shape index (κ3) is 3.83. The normalized spacial score (nSPS) is 33.3. The van der Waals surface area contributed by atoms with Crippen molar-refractivity contribution in [3.05, 3.63) is 59.7 Å². The minimum absolute atomic E-state index is 0.0958. The summed E-state index contributed by atoms with van der Waals surface area (Å²) >= 11 is 14.4. The molecule has 4 fully saturated rings. The van der Waals surface area contributed by atoms with E-state index in [2.05, 4.69) is 4.90 Å². The number of methoxy groups -OCH3 is 1. The Morgan fingerprint density at radius 1 is 0.932 bits per heavy atom. The maximum absolute atomic E-state index is 14.2. The van der Waals surface area contributed by atoms with Gasteiger partial charge in [0.25, 0.3) is 11.8 Å². The van der Waals surface area contributed by atoms with Crippen molar-refractivity contribution >= 4 is 58.2 Å². The zero-order chi connectivity index (χ0) is 31.1. The molecule has 1 N–H and O–H groups in total. The number of aromatic hydroxyl groups is 1. The molecule has 6 atom stereocenters. The maximum atomic E-state index is 14.2. The molecule has 44 heavy (non-hydrogen) atoms. The number of alkyl halides is 2. The third-order valence-electron chi connectivity index (χ3n) is 10.0. The molecule has 0 radical (unpaired) electrons. The van der Waals surface area contributed by atoms with Crippen LogP contribution in [-0.2, 0) is 23.9 Å². The van der Waals surface area contributed by atoms with Crippen LogP contribution in [0.5, 0.6) is 11.5 Å². The molecule has 0 aromatic heterocycles. The molecule has 7 rings (SSSR count). The average Bonchev–Trinajstić information content (AvgIpc) is 3.36. The summed E-state index contributed by atoms with van der Waals surface area (Å²) in [5, 5.41) is 10.7. The molecule has 3 saturated heterocycles. The van der Waals surface area contributed by atoms with Crippen molar-refractivity contribution in [2.45, 2.75) is 28.5 Å². The van der Waals surface area contributed by atoms with E-state index in [1.807, 2.05) is 18.2 Å². The van der Waals surface area contributed by atoms with Crippen LogP contribution in [0.4, 0.5) is 11.4 Å². The average molecular weight is 641 g/mol. The number of hydrogen-bond acceptors (Lipinski definition) is 8. The first-order valence-corrected chi connectivity index (χ1v) is 15.4. The summed E-state index contributed by atoms with van der Waals surface area (Å²) in [6.45, 7) is 2.79. The molecule has 0 bridgehead atoms. The van der Waals surface area contributed by atoms with Gasteiger partial charge in [0.2, 0.25) is 11.8 Å². The molecule has 1 saturated carbocycles. The fraction of sp³-hybridized carbons (Fsp3) is 0.438. The number of carbonyl (C=O) groups excluding carboxylic acids is 4. The van der Waals surface area contributed by atoms with E-state index in [4.69, 9.17) is 32.7 Å². The molecule has 0 unspecified atom stereocenters. The fourth-order valence-electron chi connectivity index (χ4n) is 7.89. The predicted molar refractivity (Wildman–Crippen MR) is 162 cm³/mol. The standard InChI is InChI=1S/C32H31Cl2N3O7/c1-35-29(41)31(33)16-22-20(26(32(31,34)30(35)42)17-3-10-24(43-2)23(38)15-17)8-9-21-25(22)28(40)37(27(21)39)19-6-4-18(5-7-19)36-11-13-44-14-12-36/h3-8,10,15,21-22,25-26,38H,9,11-14,16H2,1-2H3/t21-,22+,25-,26-,31+,32-/m0/s1. The van der Waals surface area contributed by atoms with Crippen molar-refractivity contribution in [1.82, 2.24) is 4.90 Å². The maximum Gasteiger partial charge on any atom is 0.253 e. The van der Waals surface area contributed by atoms with Gasteiger partial charge in [-0.1, -0.05) is 17.7 Å². The number of imide groups is 2. The van der Waals surface area contributed by atoms with E-state index in [9.17, 15) is 24.3 Å². The summed E-state index contributed by atoms with van der Waals surface area (Å²) < 4.78 is 10.6. The number of phenolic OH excluding ortho intramolecular Hbond substituents is 1. The summed E-state index contributed by atoms with van der Waals surface area (Å²) in [4.78, 5) is 55.9. The zero-order valence-corrected chi connectivity index (χ0v) is 25.7. The lowest BCUT2D eigenvalue weighted by Gasteiger charge is -2.50. The highest BCUT2D eigenvalue weighted by atomic mass is 35.5. The Kier molecular flexibility index (Phi) is 6.77. The first kappa shape index (κ1) is 29.1. The Bertz CT molecular complexity index is 1620. The van der Waals surface area contributed by atoms with E-state index >= 15 is 0 Å². The molecular weight excluding hydrogens is 609 g/mol. The van der Waals surface area contributed by atoms with Crippen LogP contribution in [0.25, 0.3) is 0 Å². The number of halogens is 2. The molecule has 3 aliphatic heterocycles. The summed E-state index contributed by atoms with van der Waals surface area (Å²) in [5.41, 5.74) is 2.55. The molecule has 0 spiro atoms. The van der Waals surface area contributed by atoms with Crippen LogP contribution in [-0.4, -0.2) is 83.8 Å². The van der Waals surface area contributed by atoms with Crippen LogP contribution in [0.1, 0.15) is 24.3 Å². The SMILES string of the molecule is COc1ccc([C@H]2C3=CC[C@@H]4C(=O)N(c5ccc(N6CCOCC6)cc5)C(=O)[C@@H]4[C@@H]3C[C@@]3(Cl)C(=O)N(C)C(=O)[C@@]23Cl)cc1O. The molecule has 5 aliphatic rings. The van der Waals surface area contributed by atoms with Gasteiger partial charge in [-0.3, -0.25) is 29.0 Å². The van der Waals surface area contributed by atoms with Gasteiger partial charge in [0.1, 0.15) is 0 Å². The van der Waals surface area contributed by atoms with Crippen LogP contribution >= 0.6 is 23.2 Å². The molecule has 2 aliphatic carbocycles. The van der Waals surface area contributed by atoms with Crippen LogP contribution < -0.4 is 14.5 Å². The third-order valence-corrected chi connectivity index (χ3v) is 11.4. The zero-order valence-electron chi connectivity index (χ0n) is 24.2. The first-order valence-electron chi connectivity index (χ1n) is 14.6. The monoisotopic (exact) mass is 639 g/mol. The highest BCUT2D eigenvalue weighted by molar-refractivity contribution is 6.53. The highest BCUT2D eigenvalue weighted by Crippen LogP contribution is 2.65. The number of benzene rings is 2. The Labute approximate surface area is 264 Å². The van der Waals surface area contributed by atoms with Gasteiger partial charge in [-0.05, 0) is 60.7 Å². The predicted octanol–water partition coefficient (Wildman–Crippen LogP) is 3.43. The molecule has 2 aromatic carbocycles. The molecular formula is C32H31Cl2N3O7.